The number of likely N-dealkylation sites (tertiary alicyclic amines) is 1. The normalized spacial score (nSPS) is 26.6. The van der Waals surface area contributed by atoms with Gasteiger partial charge in [-0.3, -0.25) is 9.36 Å². The number of oxazole rings is 1. The molecule has 0 N–H and O–H groups in total. The number of amides is 1. The zero-order valence-corrected chi connectivity index (χ0v) is 14.6. The van der Waals surface area contributed by atoms with Crippen molar-refractivity contribution in [3.05, 3.63) is 34.8 Å². The van der Waals surface area contributed by atoms with Crippen molar-refractivity contribution in [3.8, 4) is 0 Å². The number of methoxy groups -OCH3 is 1. The van der Waals surface area contributed by atoms with Crippen molar-refractivity contribution in [3.63, 3.8) is 0 Å². The van der Waals surface area contributed by atoms with Gasteiger partial charge in [-0.25, -0.2) is 4.79 Å². The predicted octanol–water partition coefficient (Wildman–Crippen LogP) is 2.40. The van der Waals surface area contributed by atoms with Gasteiger partial charge in [0.05, 0.1) is 11.6 Å². The monoisotopic (exact) mass is 344 g/mol. The summed E-state index contributed by atoms with van der Waals surface area (Å²) in [4.78, 5) is 26.9. The Kier molecular flexibility index (Phi) is 4.15. The van der Waals surface area contributed by atoms with Gasteiger partial charge in [-0.1, -0.05) is 18.6 Å². The lowest BCUT2D eigenvalue weighted by atomic mass is 9.76. The number of hydrogen-bond donors (Lipinski definition) is 0. The molecule has 1 saturated heterocycles. The van der Waals surface area contributed by atoms with Crippen LogP contribution in [-0.4, -0.2) is 41.7 Å². The Balaban J connectivity index is 1.55. The van der Waals surface area contributed by atoms with Crippen molar-refractivity contribution in [2.24, 2.45) is 5.41 Å². The molecule has 6 heteroatoms. The van der Waals surface area contributed by atoms with Crippen LogP contribution in [0.15, 0.2) is 33.5 Å². The number of fused-ring (bicyclic) bond motifs is 1. The molecule has 2 fully saturated rings. The average molecular weight is 344 g/mol. The van der Waals surface area contributed by atoms with Crippen LogP contribution in [0, 0.1) is 5.41 Å². The van der Waals surface area contributed by atoms with E-state index in [1.54, 1.807) is 13.2 Å². The molecule has 134 valence electrons. The van der Waals surface area contributed by atoms with Gasteiger partial charge < -0.3 is 14.1 Å². The number of para-hydroxylation sites is 2. The highest BCUT2D eigenvalue weighted by Crippen LogP contribution is 2.46. The van der Waals surface area contributed by atoms with Crippen LogP contribution < -0.4 is 5.76 Å². The van der Waals surface area contributed by atoms with E-state index >= 15 is 0 Å². The van der Waals surface area contributed by atoms with Crippen molar-refractivity contribution in [2.45, 2.75) is 44.8 Å². The summed E-state index contributed by atoms with van der Waals surface area (Å²) in [7, 11) is 1.77. The number of ether oxygens (including phenoxy) is 1. The fourth-order valence-electron chi connectivity index (χ4n) is 4.71. The topological polar surface area (TPSA) is 64.7 Å². The fraction of sp³-hybridized carbons (Fsp3) is 0.579. The minimum atomic E-state index is -0.475. The van der Waals surface area contributed by atoms with Crippen LogP contribution in [0.25, 0.3) is 11.1 Å². The van der Waals surface area contributed by atoms with Crippen LogP contribution in [0.4, 0.5) is 0 Å². The Bertz CT molecular complexity index is 839. The van der Waals surface area contributed by atoms with E-state index in [9.17, 15) is 9.59 Å². The fourth-order valence-corrected chi connectivity index (χ4v) is 4.71. The third-order valence-corrected chi connectivity index (χ3v) is 5.94. The van der Waals surface area contributed by atoms with Crippen LogP contribution >= 0.6 is 0 Å². The first-order chi connectivity index (χ1) is 12.1. The SMILES string of the molecule is COC1CCC[C@@]12CCCN(C(=O)Cn1c(=O)oc3ccccc31)C2. The van der Waals surface area contributed by atoms with Crippen molar-refractivity contribution in [1.82, 2.24) is 9.47 Å². The molecule has 1 aromatic carbocycles. The van der Waals surface area contributed by atoms with Crippen molar-refractivity contribution >= 4 is 17.0 Å². The molecule has 6 nitrogen and oxygen atoms in total. The maximum Gasteiger partial charge on any atom is 0.420 e. The maximum atomic E-state index is 12.9. The summed E-state index contributed by atoms with van der Waals surface area (Å²) in [5.74, 6) is -0.494. The molecular formula is C19H24N2O4. The Morgan fingerprint density at radius 2 is 2.12 bits per heavy atom. The van der Waals surface area contributed by atoms with Gasteiger partial charge in [0.15, 0.2) is 5.58 Å². The van der Waals surface area contributed by atoms with Gasteiger partial charge in [-0.2, -0.15) is 0 Å². The van der Waals surface area contributed by atoms with Gasteiger partial charge in [0, 0.05) is 25.6 Å². The molecule has 1 aromatic heterocycles. The molecule has 2 heterocycles. The van der Waals surface area contributed by atoms with E-state index in [1.165, 1.54) is 4.57 Å². The summed E-state index contributed by atoms with van der Waals surface area (Å²) in [6.07, 6.45) is 5.69. The standard InChI is InChI=1S/C19H24N2O4/c1-24-16-8-4-9-19(16)10-5-11-20(13-19)17(22)12-21-14-6-2-3-7-15(14)25-18(21)23/h2-3,6-7,16H,4-5,8-13H2,1H3/t16?,19-/m0/s1. The van der Waals surface area contributed by atoms with E-state index in [4.69, 9.17) is 9.15 Å². The van der Waals surface area contributed by atoms with Crippen LogP contribution in [0.1, 0.15) is 32.1 Å². The van der Waals surface area contributed by atoms with Gasteiger partial charge in [0.2, 0.25) is 5.91 Å². The van der Waals surface area contributed by atoms with Gasteiger partial charge >= 0.3 is 5.76 Å². The number of nitrogens with zero attached hydrogens (tertiary/aromatic N) is 2. The minimum absolute atomic E-state index is 0.0190. The summed E-state index contributed by atoms with van der Waals surface area (Å²) < 4.78 is 12.4. The van der Waals surface area contributed by atoms with Crippen molar-refractivity contribution < 1.29 is 13.9 Å². The lowest BCUT2D eigenvalue weighted by molar-refractivity contribution is -0.138. The van der Waals surface area contributed by atoms with Crippen LogP contribution in [0.3, 0.4) is 0 Å². The molecule has 1 unspecified atom stereocenters. The van der Waals surface area contributed by atoms with E-state index in [0.717, 1.165) is 45.2 Å². The third-order valence-electron chi connectivity index (χ3n) is 5.94. The number of carbonyl (C=O) groups excluding carboxylic acids is 1. The van der Waals surface area contributed by atoms with E-state index in [1.807, 2.05) is 23.1 Å². The third kappa shape index (κ3) is 2.78. The second-order valence-electron chi connectivity index (χ2n) is 7.32. The van der Waals surface area contributed by atoms with Crippen molar-refractivity contribution in [2.75, 3.05) is 20.2 Å². The first kappa shape index (κ1) is 16.4. The molecule has 25 heavy (non-hydrogen) atoms. The lowest BCUT2D eigenvalue weighted by Gasteiger charge is -2.43. The molecule has 2 atom stereocenters. The lowest BCUT2D eigenvalue weighted by Crippen LogP contribution is -2.50. The molecular weight excluding hydrogens is 320 g/mol. The minimum Gasteiger partial charge on any atom is -0.408 e. The number of carbonyl (C=O) groups is 1. The van der Waals surface area contributed by atoms with Gasteiger partial charge in [0.25, 0.3) is 0 Å². The van der Waals surface area contributed by atoms with E-state index in [0.29, 0.717) is 11.1 Å². The second-order valence-corrected chi connectivity index (χ2v) is 7.32. The highest BCUT2D eigenvalue weighted by molar-refractivity contribution is 5.79. The molecule has 1 amide bonds. The summed E-state index contributed by atoms with van der Waals surface area (Å²) in [6.45, 7) is 1.51. The number of piperidine rings is 1. The largest absolute Gasteiger partial charge is 0.420 e. The van der Waals surface area contributed by atoms with Crippen LogP contribution in [0.2, 0.25) is 0 Å². The Morgan fingerprint density at radius 3 is 2.96 bits per heavy atom. The number of aromatic nitrogens is 1. The van der Waals surface area contributed by atoms with Crippen molar-refractivity contribution in [1.29, 1.82) is 0 Å². The summed E-state index contributed by atoms with van der Waals surface area (Å²) >= 11 is 0. The second kappa shape index (κ2) is 6.33. The zero-order valence-electron chi connectivity index (χ0n) is 14.6. The first-order valence-electron chi connectivity index (χ1n) is 9.02. The van der Waals surface area contributed by atoms with E-state index in [-0.39, 0.29) is 24.0 Å². The summed E-state index contributed by atoms with van der Waals surface area (Å²) in [5, 5.41) is 0. The molecule has 2 aliphatic rings. The highest BCUT2D eigenvalue weighted by atomic mass is 16.5. The van der Waals surface area contributed by atoms with Gasteiger partial charge in [-0.05, 0) is 37.8 Å². The Morgan fingerprint density at radius 1 is 1.32 bits per heavy atom. The number of benzene rings is 1. The highest BCUT2D eigenvalue weighted by Gasteiger charge is 2.46. The Labute approximate surface area is 146 Å². The molecule has 1 spiro atoms. The molecule has 0 radical (unpaired) electrons. The predicted molar refractivity (Wildman–Crippen MR) is 93.4 cm³/mol. The first-order valence-corrected chi connectivity index (χ1v) is 9.02. The van der Waals surface area contributed by atoms with Crippen LogP contribution in [-0.2, 0) is 16.1 Å². The molecule has 2 aromatic rings. The maximum absolute atomic E-state index is 12.9. The van der Waals surface area contributed by atoms with Crippen LogP contribution in [0.5, 0.6) is 0 Å². The zero-order chi connectivity index (χ0) is 17.4. The summed E-state index contributed by atoms with van der Waals surface area (Å²) in [5.41, 5.74) is 1.28. The Hall–Kier alpha value is -2.08. The molecule has 4 rings (SSSR count). The molecule has 1 aliphatic heterocycles. The van der Waals surface area contributed by atoms with E-state index < -0.39 is 5.76 Å². The van der Waals surface area contributed by atoms with E-state index in [2.05, 4.69) is 0 Å². The summed E-state index contributed by atoms with van der Waals surface area (Å²) in [6, 6.07) is 7.21. The quantitative estimate of drug-likeness (QED) is 0.858. The number of hydrogen-bond acceptors (Lipinski definition) is 4. The molecule has 0 bridgehead atoms. The molecule has 1 aliphatic carbocycles. The van der Waals surface area contributed by atoms with Gasteiger partial charge in [-0.15, -0.1) is 0 Å². The number of rotatable bonds is 3. The smallest absolute Gasteiger partial charge is 0.408 e. The molecule has 1 saturated carbocycles. The average Bonchev–Trinajstić information content (AvgIpc) is 3.15. The van der Waals surface area contributed by atoms with Gasteiger partial charge in [0.1, 0.15) is 6.54 Å².